The van der Waals surface area contributed by atoms with Crippen molar-refractivity contribution in [1.29, 1.82) is 0 Å². The van der Waals surface area contributed by atoms with Gasteiger partial charge in [0.2, 0.25) is 5.91 Å². The van der Waals surface area contributed by atoms with Gasteiger partial charge in [0.15, 0.2) is 0 Å². The first-order valence-corrected chi connectivity index (χ1v) is 7.03. The van der Waals surface area contributed by atoms with Crippen molar-refractivity contribution in [2.75, 3.05) is 0 Å². The van der Waals surface area contributed by atoms with E-state index in [2.05, 4.69) is 26.1 Å². The fourth-order valence-corrected chi connectivity index (χ4v) is 2.93. The zero-order valence-electron chi connectivity index (χ0n) is 11.5. The van der Waals surface area contributed by atoms with Gasteiger partial charge in [-0.2, -0.15) is 0 Å². The van der Waals surface area contributed by atoms with Crippen LogP contribution in [-0.2, 0) is 4.79 Å². The quantitative estimate of drug-likeness (QED) is 0.725. The lowest BCUT2D eigenvalue weighted by molar-refractivity contribution is -0.118. The lowest BCUT2D eigenvalue weighted by Gasteiger charge is -2.22. The second kappa shape index (κ2) is 7.00. The summed E-state index contributed by atoms with van der Waals surface area (Å²) in [5, 5.41) is 3.55. The number of hydrogen-bond acceptors (Lipinski definition) is 2. The molecule has 1 amide bonds. The van der Waals surface area contributed by atoms with Crippen molar-refractivity contribution in [1.82, 2.24) is 5.32 Å². The molecule has 100 valence electrons. The molecule has 17 heavy (non-hydrogen) atoms. The van der Waals surface area contributed by atoms with Gasteiger partial charge in [-0.1, -0.05) is 26.7 Å². The van der Waals surface area contributed by atoms with Crippen LogP contribution in [0.5, 0.6) is 0 Å². The van der Waals surface area contributed by atoms with Crippen LogP contribution in [0.4, 0.5) is 0 Å². The molecule has 3 heteroatoms. The van der Waals surface area contributed by atoms with Crippen LogP contribution >= 0.6 is 0 Å². The lowest BCUT2D eigenvalue weighted by atomic mass is 9.89. The third kappa shape index (κ3) is 5.53. The number of nitrogens with one attached hydrogen (secondary N) is 1. The Balaban J connectivity index is 2.33. The Labute approximate surface area is 106 Å². The highest BCUT2D eigenvalue weighted by Crippen LogP contribution is 2.28. The van der Waals surface area contributed by atoms with Gasteiger partial charge in [-0.15, -0.1) is 0 Å². The average Bonchev–Trinajstić information content (AvgIpc) is 2.41. The molecule has 1 rings (SSSR count). The van der Waals surface area contributed by atoms with Crippen molar-refractivity contribution >= 4 is 5.91 Å². The SMILES string of the molecule is CC(CC(N)=O)NC1CCCC(C(C)C)CC1. The van der Waals surface area contributed by atoms with E-state index in [1.165, 1.54) is 32.1 Å². The van der Waals surface area contributed by atoms with E-state index in [0.29, 0.717) is 12.5 Å². The predicted molar refractivity (Wildman–Crippen MR) is 71.6 cm³/mol. The van der Waals surface area contributed by atoms with E-state index in [4.69, 9.17) is 5.73 Å². The zero-order chi connectivity index (χ0) is 12.8. The van der Waals surface area contributed by atoms with Crippen molar-refractivity contribution in [3.8, 4) is 0 Å². The first kappa shape index (κ1) is 14.5. The Morgan fingerprint density at radius 1 is 1.24 bits per heavy atom. The number of rotatable bonds is 5. The molecule has 0 aromatic carbocycles. The van der Waals surface area contributed by atoms with Crippen LogP contribution in [0.2, 0.25) is 0 Å². The molecule has 3 N–H and O–H groups in total. The topological polar surface area (TPSA) is 55.1 Å². The van der Waals surface area contributed by atoms with Gasteiger partial charge in [0.05, 0.1) is 0 Å². The maximum atomic E-state index is 10.8. The molecular formula is C14H28N2O. The third-order valence-electron chi connectivity index (χ3n) is 3.98. The molecule has 0 aromatic rings. The van der Waals surface area contributed by atoms with Crippen LogP contribution in [0.25, 0.3) is 0 Å². The van der Waals surface area contributed by atoms with Crippen molar-refractivity contribution in [2.24, 2.45) is 17.6 Å². The minimum absolute atomic E-state index is 0.210. The molecule has 3 nitrogen and oxygen atoms in total. The Bertz CT molecular complexity index is 240. The molecular weight excluding hydrogens is 212 g/mol. The molecule has 0 bridgehead atoms. The third-order valence-corrected chi connectivity index (χ3v) is 3.98. The molecule has 0 spiro atoms. The van der Waals surface area contributed by atoms with Crippen LogP contribution < -0.4 is 11.1 Å². The maximum absolute atomic E-state index is 10.8. The van der Waals surface area contributed by atoms with E-state index in [1.807, 2.05) is 0 Å². The minimum Gasteiger partial charge on any atom is -0.370 e. The second-order valence-corrected chi connectivity index (χ2v) is 5.95. The molecule has 3 unspecified atom stereocenters. The highest BCUT2D eigenvalue weighted by atomic mass is 16.1. The Hall–Kier alpha value is -0.570. The van der Waals surface area contributed by atoms with Gasteiger partial charge in [0.1, 0.15) is 0 Å². The minimum atomic E-state index is -0.210. The van der Waals surface area contributed by atoms with Crippen LogP contribution in [0.15, 0.2) is 0 Å². The highest BCUT2D eigenvalue weighted by molar-refractivity contribution is 5.74. The first-order valence-electron chi connectivity index (χ1n) is 7.03. The summed E-state index contributed by atoms with van der Waals surface area (Å²) in [6, 6.07) is 0.793. The normalized spacial score (nSPS) is 27.8. The van der Waals surface area contributed by atoms with Gasteiger partial charge in [0, 0.05) is 18.5 Å². The van der Waals surface area contributed by atoms with E-state index in [1.54, 1.807) is 0 Å². The summed E-state index contributed by atoms with van der Waals surface area (Å²) in [4.78, 5) is 10.8. The molecule has 1 aliphatic carbocycles. The summed E-state index contributed by atoms with van der Waals surface area (Å²) in [6.07, 6.45) is 6.92. The number of carbonyl (C=O) groups excluding carboxylic acids is 1. The van der Waals surface area contributed by atoms with Gasteiger partial charge >= 0.3 is 0 Å². The number of hydrogen-bond donors (Lipinski definition) is 2. The monoisotopic (exact) mass is 240 g/mol. The molecule has 0 aromatic heterocycles. The summed E-state index contributed by atoms with van der Waals surface area (Å²) in [5.74, 6) is 1.48. The highest BCUT2D eigenvalue weighted by Gasteiger charge is 2.22. The van der Waals surface area contributed by atoms with Gasteiger partial charge in [-0.05, 0) is 38.0 Å². The smallest absolute Gasteiger partial charge is 0.218 e. The van der Waals surface area contributed by atoms with Crippen molar-refractivity contribution < 1.29 is 4.79 Å². The van der Waals surface area contributed by atoms with Crippen molar-refractivity contribution in [3.05, 3.63) is 0 Å². The van der Waals surface area contributed by atoms with Crippen molar-refractivity contribution in [3.63, 3.8) is 0 Å². The number of amides is 1. The van der Waals surface area contributed by atoms with E-state index < -0.39 is 0 Å². The van der Waals surface area contributed by atoms with Crippen LogP contribution in [0.3, 0.4) is 0 Å². The molecule has 0 radical (unpaired) electrons. The van der Waals surface area contributed by atoms with Crippen LogP contribution in [0, 0.1) is 11.8 Å². The van der Waals surface area contributed by atoms with Crippen molar-refractivity contribution in [2.45, 2.75) is 71.4 Å². The molecule has 0 heterocycles. The molecule has 1 fully saturated rings. The van der Waals surface area contributed by atoms with Crippen LogP contribution in [-0.4, -0.2) is 18.0 Å². The van der Waals surface area contributed by atoms with Gasteiger partial charge in [-0.25, -0.2) is 0 Å². The van der Waals surface area contributed by atoms with Gasteiger partial charge in [-0.3, -0.25) is 4.79 Å². The standard InChI is InChI=1S/C14H28N2O/c1-10(2)12-5-4-6-13(8-7-12)16-11(3)9-14(15)17/h10-13,16H,4-9H2,1-3H3,(H2,15,17). The van der Waals surface area contributed by atoms with Gasteiger partial charge < -0.3 is 11.1 Å². The molecule has 1 saturated carbocycles. The zero-order valence-corrected chi connectivity index (χ0v) is 11.5. The van der Waals surface area contributed by atoms with E-state index in [0.717, 1.165) is 11.8 Å². The molecule has 3 atom stereocenters. The second-order valence-electron chi connectivity index (χ2n) is 5.95. The molecule has 0 aliphatic heterocycles. The number of nitrogens with two attached hydrogens (primary N) is 1. The number of carbonyl (C=O) groups is 1. The van der Waals surface area contributed by atoms with E-state index in [9.17, 15) is 4.79 Å². The average molecular weight is 240 g/mol. The van der Waals surface area contributed by atoms with Gasteiger partial charge in [0.25, 0.3) is 0 Å². The Kier molecular flexibility index (Phi) is 5.96. The van der Waals surface area contributed by atoms with Crippen LogP contribution in [0.1, 0.15) is 59.3 Å². The summed E-state index contributed by atoms with van der Waals surface area (Å²) in [7, 11) is 0. The summed E-state index contributed by atoms with van der Waals surface area (Å²) < 4.78 is 0. The largest absolute Gasteiger partial charge is 0.370 e. The van der Waals surface area contributed by atoms with E-state index >= 15 is 0 Å². The molecule has 1 aliphatic rings. The maximum Gasteiger partial charge on any atom is 0.218 e. The Morgan fingerprint density at radius 2 is 1.94 bits per heavy atom. The first-order chi connectivity index (χ1) is 7.99. The summed E-state index contributed by atoms with van der Waals surface area (Å²) >= 11 is 0. The summed E-state index contributed by atoms with van der Waals surface area (Å²) in [5.41, 5.74) is 5.21. The van der Waals surface area contributed by atoms with E-state index in [-0.39, 0.29) is 11.9 Å². The summed E-state index contributed by atoms with van der Waals surface area (Å²) in [6.45, 7) is 6.71. The Morgan fingerprint density at radius 3 is 2.53 bits per heavy atom. The predicted octanol–water partition coefficient (Wildman–Crippen LogP) is 2.44. The fraction of sp³-hybridized carbons (Fsp3) is 0.929. The molecule has 0 saturated heterocycles. The lowest BCUT2D eigenvalue weighted by Crippen LogP contribution is -2.38. The number of primary amides is 1. The fourth-order valence-electron chi connectivity index (χ4n) is 2.93.